The molecule has 5 nitrogen and oxygen atoms in total. The van der Waals surface area contributed by atoms with Gasteiger partial charge in [-0.25, -0.2) is 0 Å². The van der Waals surface area contributed by atoms with E-state index in [0.717, 1.165) is 5.52 Å². The van der Waals surface area contributed by atoms with Gasteiger partial charge < -0.3 is 20.4 Å². The van der Waals surface area contributed by atoms with Crippen LogP contribution in [-0.2, 0) is 4.79 Å². The van der Waals surface area contributed by atoms with Crippen LogP contribution < -0.4 is 15.4 Å². The fraction of sp³-hybridized carbons (Fsp3) is 0.192. The highest BCUT2D eigenvalue weighted by atomic mass is 16.5. The van der Waals surface area contributed by atoms with Gasteiger partial charge >= 0.3 is 0 Å². The smallest absolute Gasteiger partial charge is 0.241 e. The monoisotopic (exact) mass is 413 g/mol. The number of hydrogen-bond acceptors (Lipinski definition) is 3. The Labute approximate surface area is 182 Å². The van der Waals surface area contributed by atoms with Crippen molar-refractivity contribution in [3.05, 3.63) is 96.2 Å². The first-order valence-corrected chi connectivity index (χ1v) is 10.5. The summed E-state index contributed by atoms with van der Waals surface area (Å²) in [7, 11) is 1.60. The van der Waals surface area contributed by atoms with Crippen molar-refractivity contribution in [2.24, 2.45) is 0 Å². The number of amides is 1. The van der Waals surface area contributed by atoms with Gasteiger partial charge in [0.2, 0.25) is 5.91 Å². The van der Waals surface area contributed by atoms with Crippen LogP contribution in [0.2, 0.25) is 0 Å². The van der Waals surface area contributed by atoms with Crippen molar-refractivity contribution in [3.63, 3.8) is 0 Å². The van der Waals surface area contributed by atoms with E-state index in [4.69, 9.17) is 4.74 Å². The standard InChI is InChI=1S/C26H27N3O2/c1-18(26(30)29-24-14-8-9-15-25(24)31-2)27-16-21(19-10-4-3-5-11-19)22-17-28-23-13-7-6-12-20(22)23/h3-15,17-18,21,27-28H,16H2,1-2H3,(H,29,30)/t18-,21-/m0/s1. The molecule has 31 heavy (non-hydrogen) atoms. The highest BCUT2D eigenvalue weighted by Gasteiger charge is 2.21. The number of carbonyl (C=O) groups is 1. The van der Waals surface area contributed by atoms with Gasteiger partial charge in [0.05, 0.1) is 18.8 Å². The topological polar surface area (TPSA) is 66.2 Å². The Balaban J connectivity index is 1.52. The maximum Gasteiger partial charge on any atom is 0.241 e. The third-order valence-electron chi connectivity index (χ3n) is 5.58. The number of hydrogen-bond donors (Lipinski definition) is 3. The lowest BCUT2D eigenvalue weighted by molar-refractivity contribution is -0.117. The van der Waals surface area contributed by atoms with E-state index in [1.807, 2.05) is 43.3 Å². The molecule has 0 saturated carbocycles. The number of para-hydroxylation sites is 3. The van der Waals surface area contributed by atoms with Crippen LogP contribution in [0.25, 0.3) is 10.9 Å². The number of aromatic amines is 1. The summed E-state index contributed by atoms with van der Waals surface area (Å²) in [4.78, 5) is 16.2. The number of H-pyrrole nitrogens is 1. The van der Waals surface area contributed by atoms with E-state index in [1.165, 1.54) is 16.5 Å². The van der Waals surface area contributed by atoms with E-state index in [9.17, 15) is 4.79 Å². The van der Waals surface area contributed by atoms with Gasteiger partial charge in [0, 0.05) is 29.6 Å². The molecule has 5 heteroatoms. The SMILES string of the molecule is COc1ccccc1NC(=O)[C@H](C)NC[C@@H](c1ccccc1)c1c[nH]c2ccccc12. The fourth-order valence-corrected chi connectivity index (χ4v) is 3.85. The van der Waals surface area contributed by atoms with Crippen molar-refractivity contribution in [3.8, 4) is 5.75 Å². The summed E-state index contributed by atoms with van der Waals surface area (Å²) in [5.74, 6) is 0.651. The average molecular weight is 414 g/mol. The Bertz CT molecular complexity index is 1150. The van der Waals surface area contributed by atoms with E-state index < -0.39 is 0 Å². The number of benzene rings is 3. The molecule has 0 fully saturated rings. The molecule has 0 bridgehead atoms. The second-order valence-electron chi connectivity index (χ2n) is 7.57. The van der Waals surface area contributed by atoms with Crippen LogP contribution in [0.4, 0.5) is 5.69 Å². The number of ether oxygens (including phenoxy) is 1. The van der Waals surface area contributed by atoms with E-state index in [0.29, 0.717) is 18.0 Å². The Kier molecular flexibility index (Phi) is 6.34. The number of aromatic nitrogens is 1. The largest absolute Gasteiger partial charge is 0.495 e. The van der Waals surface area contributed by atoms with Crippen molar-refractivity contribution in [1.29, 1.82) is 0 Å². The van der Waals surface area contributed by atoms with E-state index >= 15 is 0 Å². The maximum absolute atomic E-state index is 12.8. The summed E-state index contributed by atoms with van der Waals surface area (Å²) in [5, 5.41) is 7.58. The summed E-state index contributed by atoms with van der Waals surface area (Å²) >= 11 is 0. The van der Waals surface area contributed by atoms with E-state index in [2.05, 4.69) is 64.3 Å². The molecule has 0 unspecified atom stereocenters. The van der Waals surface area contributed by atoms with E-state index in [-0.39, 0.29) is 17.9 Å². The number of carbonyl (C=O) groups excluding carboxylic acids is 1. The van der Waals surface area contributed by atoms with Crippen LogP contribution in [-0.4, -0.2) is 30.6 Å². The molecule has 2 atom stereocenters. The first kappa shape index (κ1) is 20.7. The molecule has 1 heterocycles. The van der Waals surface area contributed by atoms with Crippen LogP contribution in [0, 0.1) is 0 Å². The lowest BCUT2D eigenvalue weighted by atomic mass is 9.90. The van der Waals surface area contributed by atoms with Crippen molar-refractivity contribution in [1.82, 2.24) is 10.3 Å². The molecule has 0 radical (unpaired) electrons. The number of fused-ring (bicyclic) bond motifs is 1. The minimum Gasteiger partial charge on any atom is -0.495 e. The van der Waals surface area contributed by atoms with Gasteiger partial charge in [-0.2, -0.15) is 0 Å². The number of rotatable bonds is 8. The molecule has 158 valence electrons. The van der Waals surface area contributed by atoms with Crippen LogP contribution >= 0.6 is 0 Å². The lowest BCUT2D eigenvalue weighted by Crippen LogP contribution is -2.40. The zero-order chi connectivity index (χ0) is 21.6. The molecule has 3 aromatic carbocycles. The van der Waals surface area contributed by atoms with Gasteiger partial charge in [-0.15, -0.1) is 0 Å². The fourth-order valence-electron chi connectivity index (χ4n) is 3.85. The van der Waals surface area contributed by atoms with Gasteiger partial charge in [0.25, 0.3) is 0 Å². The molecule has 0 aliphatic rings. The second-order valence-corrected chi connectivity index (χ2v) is 7.57. The molecular formula is C26H27N3O2. The quantitative estimate of drug-likeness (QED) is 0.384. The lowest BCUT2D eigenvalue weighted by Gasteiger charge is -2.21. The Morgan fingerprint density at radius 3 is 2.48 bits per heavy atom. The molecule has 3 N–H and O–H groups in total. The van der Waals surface area contributed by atoms with Crippen molar-refractivity contribution < 1.29 is 9.53 Å². The summed E-state index contributed by atoms with van der Waals surface area (Å²) in [6.07, 6.45) is 2.07. The first-order chi connectivity index (χ1) is 15.2. The van der Waals surface area contributed by atoms with Gasteiger partial charge in [-0.3, -0.25) is 4.79 Å². The van der Waals surface area contributed by atoms with Gasteiger partial charge in [-0.1, -0.05) is 60.7 Å². The molecule has 0 aliphatic heterocycles. The van der Waals surface area contributed by atoms with Crippen molar-refractivity contribution >= 4 is 22.5 Å². The van der Waals surface area contributed by atoms with Gasteiger partial charge in [-0.05, 0) is 36.2 Å². The average Bonchev–Trinajstić information content (AvgIpc) is 3.24. The molecule has 0 saturated heterocycles. The molecule has 4 aromatic rings. The first-order valence-electron chi connectivity index (χ1n) is 10.5. The Morgan fingerprint density at radius 1 is 0.968 bits per heavy atom. The number of anilines is 1. The van der Waals surface area contributed by atoms with Crippen LogP contribution in [0.1, 0.15) is 24.0 Å². The molecule has 1 amide bonds. The summed E-state index contributed by atoms with van der Waals surface area (Å²) < 4.78 is 5.33. The maximum atomic E-state index is 12.8. The zero-order valence-corrected chi connectivity index (χ0v) is 17.8. The molecule has 0 spiro atoms. The highest BCUT2D eigenvalue weighted by Crippen LogP contribution is 2.30. The third kappa shape index (κ3) is 4.62. The van der Waals surface area contributed by atoms with Crippen LogP contribution in [0.5, 0.6) is 5.75 Å². The normalized spacial score (nSPS) is 13.0. The predicted octanol–water partition coefficient (Wildman–Crippen LogP) is 4.93. The zero-order valence-electron chi connectivity index (χ0n) is 17.8. The van der Waals surface area contributed by atoms with Crippen LogP contribution in [0.3, 0.4) is 0 Å². The Morgan fingerprint density at radius 2 is 1.68 bits per heavy atom. The van der Waals surface area contributed by atoms with Gasteiger partial charge in [0.15, 0.2) is 0 Å². The van der Waals surface area contributed by atoms with Crippen LogP contribution in [0.15, 0.2) is 85.1 Å². The summed E-state index contributed by atoms with van der Waals surface area (Å²) in [5.41, 5.74) is 4.20. The Hall–Kier alpha value is -3.57. The third-order valence-corrected chi connectivity index (χ3v) is 5.58. The molecule has 4 rings (SSSR count). The minimum absolute atomic E-state index is 0.102. The summed E-state index contributed by atoms with van der Waals surface area (Å²) in [6, 6.07) is 25.7. The van der Waals surface area contributed by atoms with Crippen molar-refractivity contribution in [2.45, 2.75) is 18.9 Å². The second kappa shape index (κ2) is 9.49. The highest BCUT2D eigenvalue weighted by molar-refractivity contribution is 5.95. The number of methoxy groups -OCH3 is 1. The molecular weight excluding hydrogens is 386 g/mol. The van der Waals surface area contributed by atoms with E-state index in [1.54, 1.807) is 7.11 Å². The number of nitrogens with one attached hydrogen (secondary N) is 3. The van der Waals surface area contributed by atoms with Crippen molar-refractivity contribution in [2.75, 3.05) is 19.0 Å². The molecule has 1 aromatic heterocycles. The summed E-state index contributed by atoms with van der Waals surface area (Å²) in [6.45, 7) is 2.51. The molecule has 0 aliphatic carbocycles. The predicted molar refractivity (Wildman–Crippen MR) is 126 cm³/mol. The van der Waals surface area contributed by atoms with Gasteiger partial charge in [0.1, 0.15) is 5.75 Å². The minimum atomic E-state index is -0.374.